The minimum atomic E-state index is -0.831. The highest BCUT2D eigenvalue weighted by molar-refractivity contribution is 7.18. The van der Waals surface area contributed by atoms with Gasteiger partial charge in [-0.2, -0.15) is 0 Å². The maximum absolute atomic E-state index is 13.2. The van der Waals surface area contributed by atoms with Crippen molar-refractivity contribution in [3.63, 3.8) is 0 Å². The molecule has 0 saturated heterocycles. The van der Waals surface area contributed by atoms with E-state index in [1.165, 1.54) is 11.3 Å². The Morgan fingerprint density at radius 2 is 1.71 bits per heavy atom. The summed E-state index contributed by atoms with van der Waals surface area (Å²) in [4.78, 5) is 25.9. The number of nitrogens with zero attached hydrogens (tertiary/aromatic N) is 2. The predicted octanol–water partition coefficient (Wildman–Crippen LogP) is 5.85. The molecule has 4 rings (SSSR count). The lowest BCUT2D eigenvalue weighted by Crippen LogP contribution is -2.46. The van der Waals surface area contributed by atoms with Crippen LogP contribution in [0.2, 0.25) is 5.02 Å². The topological polar surface area (TPSA) is 96.0 Å². The number of carbonyl (C=O) groups excluding carboxylic acids is 2. The first kappa shape index (κ1) is 24.4. The maximum Gasteiger partial charge on any atom is 0.319 e. The number of halogens is 1. The van der Waals surface area contributed by atoms with Crippen LogP contribution in [0.3, 0.4) is 0 Å². The van der Waals surface area contributed by atoms with Crippen molar-refractivity contribution in [1.82, 2.24) is 15.5 Å². The second-order valence-corrected chi connectivity index (χ2v) is 9.47. The zero-order valence-electron chi connectivity index (χ0n) is 19.2. The smallest absolute Gasteiger partial charge is 0.319 e. The van der Waals surface area contributed by atoms with Crippen LogP contribution in [0.5, 0.6) is 0 Å². The first-order valence-corrected chi connectivity index (χ1v) is 12.2. The van der Waals surface area contributed by atoms with Gasteiger partial charge in [-0.15, -0.1) is 10.2 Å². The lowest BCUT2D eigenvalue weighted by atomic mass is 10.1. The van der Waals surface area contributed by atoms with E-state index < -0.39 is 18.0 Å². The SMILES string of the molecule is Cc1ccc(NC(=O)NC(Cc2ccccc2)C(=O)Nc2nnc(-c3cccc(Cl)c3)s2)cc1C. The quantitative estimate of drug-likeness (QED) is 0.293. The summed E-state index contributed by atoms with van der Waals surface area (Å²) in [6.07, 6.45) is 0.312. The number of amides is 3. The fourth-order valence-corrected chi connectivity index (χ4v) is 4.34. The van der Waals surface area contributed by atoms with Crippen molar-refractivity contribution < 1.29 is 9.59 Å². The number of anilines is 2. The molecule has 0 bridgehead atoms. The van der Waals surface area contributed by atoms with Crippen molar-refractivity contribution in [2.24, 2.45) is 0 Å². The molecule has 0 saturated carbocycles. The molecule has 3 aromatic carbocycles. The van der Waals surface area contributed by atoms with Crippen LogP contribution in [0, 0.1) is 13.8 Å². The van der Waals surface area contributed by atoms with Crippen LogP contribution >= 0.6 is 22.9 Å². The first-order valence-electron chi connectivity index (χ1n) is 11.0. The third-order valence-electron chi connectivity index (χ3n) is 5.40. The predicted molar refractivity (Wildman–Crippen MR) is 141 cm³/mol. The summed E-state index contributed by atoms with van der Waals surface area (Å²) < 4.78 is 0. The molecule has 35 heavy (non-hydrogen) atoms. The number of aryl methyl sites for hydroxylation is 2. The Kier molecular flexibility index (Phi) is 7.74. The van der Waals surface area contributed by atoms with Crippen molar-refractivity contribution in [2.75, 3.05) is 10.6 Å². The van der Waals surface area contributed by atoms with E-state index in [4.69, 9.17) is 11.6 Å². The van der Waals surface area contributed by atoms with Gasteiger partial charge in [0, 0.05) is 22.7 Å². The Morgan fingerprint density at radius 3 is 2.46 bits per heavy atom. The lowest BCUT2D eigenvalue weighted by Gasteiger charge is -2.18. The Hall–Kier alpha value is -3.75. The summed E-state index contributed by atoms with van der Waals surface area (Å²) in [7, 11) is 0. The van der Waals surface area contributed by atoms with Crippen molar-refractivity contribution in [3.05, 3.63) is 94.5 Å². The maximum atomic E-state index is 13.2. The number of rotatable bonds is 7. The summed E-state index contributed by atoms with van der Waals surface area (Å²) in [6, 6.07) is 21.1. The zero-order valence-corrected chi connectivity index (χ0v) is 20.8. The molecule has 1 atom stereocenters. The zero-order chi connectivity index (χ0) is 24.8. The number of hydrogen-bond acceptors (Lipinski definition) is 5. The van der Waals surface area contributed by atoms with E-state index in [-0.39, 0.29) is 0 Å². The van der Waals surface area contributed by atoms with E-state index in [9.17, 15) is 9.59 Å². The molecular weight excluding hydrogens is 482 g/mol. The molecule has 3 N–H and O–H groups in total. The Balaban J connectivity index is 1.48. The number of urea groups is 1. The van der Waals surface area contributed by atoms with Crippen molar-refractivity contribution in [3.8, 4) is 10.6 Å². The van der Waals surface area contributed by atoms with Gasteiger partial charge in [-0.25, -0.2) is 4.79 Å². The number of carbonyl (C=O) groups is 2. The average Bonchev–Trinajstić information content (AvgIpc) is 3.30. The van der Waals surface area contributed by atoms with Gasteiger partial charge in [0.05, 0.1) is 0 Å². The molecule has 0 radical (unpaired) electrons. The van der Waals surface area contributed by atoms with Gasteiger partial charge in [-0.1, -0.05) is 71.5 Å². The third-order valence-corrected chi connectivity index (χ3v) is 6.52. The molecular formula is C26H24ClN5O2S. The summed E-state index contributed by atoms with van der Waals surface area (Å²) in [5.41, 5.74) is 4.57. The first-order chi connectivity index (χ1) is 16.9. The molecule has 4 aromatic rings. The highest BCUT2D eigenvalue weighted by Gasteiger charge is 2.23. The van der Waals surface area contributed by atoms with Gasteiger partial charge in [0.1, 0.15) is 11.0 Å². The minimum Gasteiger partial charge on any atom is -0.326 e. The summed E-state index contributed by atoms with van der Waals surface area (Å²) in [6.45, 7) is 3.98. The molecule has 1 aromatic heterocycles. The van der Waals surface area contributed by atoms with Crippen LogP contribution in [0.1, 0.15) is 16.7 Å². The molecule has 7 nitrogen and oxygen atoms in total. The number of benzene rings is 3. The molecule has 0 aliphatic rings. The van der Waals surface area contributed by atoms with Gasteiger partial charge in [-0.3, -0.25) is 10.1 Å². The second-order valence-electron chi connectivity index (χ2n) is 8.05. The monoisotopic (exact) mass is 505 g/mol. The van der Waals surface area contributed by atoms with Crippen LogP contribution < -0.4 is 16.0 Å². The summed E-state index contributed by atoms with van der Waals surface area (Å²) >= 11 is 7.30. The second kappa shape index (κ2) is 11.1. The molecule has 0 spiro atoms. The molecule has 1 heterocycles. The molecule has 9 heteroatoms. The average molecular weight is 506 g/mol. The molecule has 178 valence electrons. The molecule has 0 fully saturated rings. The van der Waals surface area contributed by atoms with E-state index >= 15 is 0 Å². The minimum absolute atomic E-state index is 0.312. The number of nitrogens with one attached hydrogen (secondary N) is 3. The van der Waals surface area contributed by atoms with E-state index in [2.05, 4.69) is 26.1 Å². The van der Waals surface area contributed by atoms with Gasteiger partial charge >= 0.3 is 6.03 Å². The van der Waals surface area contributed by atoms with Crippen molar-refractivity contribution in [1.29, 1.82) is 0 Å². The highest BCUT2D eigenvalue weighted by Crippen LogP contribution is 2.28. The standard InChI is InChI=1S/C26H24ClN5O2S/c1-16-11-12-21(13-17(16)2)28-25(34)29-22(14-18-7-4-3-5-8-18)23(33)30-26-32-31-24(35-26)19-9-6-10-20(27)15-19/h3-13,15,22H,14H2,1-2H3,(H2,28,29,34)(H,30,32,33). The Morgan fingerprint density at radius 1 is 0.914 bits per heavy atom. The summed E-state index contributed by atoms with van der Waals surface area (Å²) in [5.74, 6) is -0.391. The van der Waals surface area contributed by atoms with Gasteiger partial charge in [0.25, 0.3) is 0 Å². The van der Waals surface area contributed by atoms with Crippen LogP contribution in [0.25, 0.3) is 10.6 Å². The van der Waals surface area contributed by atoms with Gasteiger partial charge < -0.3 is 10.6 Å². The number of aromatic nitrogens is 2. The van der Waals surface area contributed by atoms with Crippen molar-refractivity contribution in [2.45, 2.75) is 26.3 Å². The van der Waals surface area contributed by atoms with Gasteiger partial charge in [0.15, 0.2) is 0 Å². The molecule has 0 aliphatic heterocycles. The van der Waals surface area contributed by atoms with Crippen LogP contribution in [0.15, 0.2) is 72.8 Å². The Labute approximate surface area is 212 Å². The van der Waals surface area contributed by atoms with E-state index in [0.29, 0.717) is 27.3 Å². The van der Waals surface area contributed by atoms with E-state index in [1.807, 2.05) is 74.5 Å². The summed E-state index contributed by atoms with van der Waals surface area (Å²) in [5, 5.41) is 18.2. The Bertz CT molecular complexity index is 1340. The molecule has 0 aliphatic carbocycles. The van der Waals surface area contributed by atoms with E-state index in [1.54, 1.807) is 12.1 Å². The van der Waals surface area contributed by atoms with Crippen LogP contribution in [0.4, 0.5) is 15.6 Å². The lowest BCUT2D eigenvalue weighted by molar-refractivity contribution is -0.117. The van der Waals surface area contributed by atoms with Crippen molar-refractivity contribution >= 4 is 45.7 Å². The highest BCUT2D eigenvalue weighted by atomic mass is 35.5. The molecule has 1 unspecified atom stereocenters. The molecule has 3 amide bonds. The van der Waals surface area contributed by atoms with Crippen LogP contribution in [-0.4, -0.2) is 28.2 Å². The fourth-order valence-electron chi connectivity index (χ4n) is 3.41. The van der Waals surface area contributed by atoms with Gasteiger partial charge in [-0.05, 0) is 54.8 Å². The normalized spacial score (nSPS) is 11.5. The fraction of sp³-hybridized carbons (Fsp3) is 0.154. The number of hydrogen-bond donors (Lipinski definition) is 3. The third kappa shape index (κ3) is 6.65. The van der Waals surface area contributed by atoms with E-state index in [0.717, 1.165) is 22.3 Å². The van der Waals surface area contributed by atoms with Gasteiger partial charge in [0.2, 0.25) is 11.0 Å². The largest absolute Gasteiger partial charge is 0.326 e. The van der Waals surface area contributed by atoms with Crippen LogP contribution in [-0.2, 0) is 11.2 Å².